The minimum absolute atomic E-state index is 0.0102. The van der Waals surface area contributed by atoms with Crippen LogP contribution in [0.1, 0.15) is 12.5 Å². The third-order valence-corrected chi connectivity index (χ3v) is 4.16. The van der Waals surface area contributed by atoms with Gasteiger partial charge in [0.2, 0.25) is 0 Å². The number of halogens is 1. The van der Waals surface area contributed by atoms with Crippen molar-refractivity contribution in [3.05, 3.63) is 74.8 Å². The average molecular weight is 415 g/mol. The Hall–Kier alpha value is -3.72. The minimum atomic E-state index is -0.740. The molecular formula is C19H15ClN4O5. The van der Waals surface area contributed by atoms with E-state index in [-0.39, 0.29) is 40.0 Å². The van der Waals surface area contributed by atoms with Crippen molar-refractivity contribution in [1.29, 1.82) is 0 Å². The molecule has 0 aliphatic carbocycles. The van der Waals surface area contributed by atoms with Gasteiger partial charge in [0.25, 0.3) is 11.6 Å². The van der Waals surface area contributed by atoms with E-state index >= 15 is 0 Å². The number of carbonyl (C=O) groups excluding carboxylic acids is 2. The molecule has 0 saturated carbocycles. The fourth-order valence-corrected chi connectivity index (χ4v) is 2.83. The molecule has 3 rings (SSSR count). The Bertz CT molecular complexity index is 1050. The van der Waals surface area contributed by atoms with Gasteiger partial charge in [0.1, 0.15) is 11.3 Å². The molecule has 148 valence electrons. The smallest absolute Gasteiger partial charge is 0.342 e. The van der Waals surface area contributed by atoms with Crippen molar-refractivity contribution in [2.24, 2.45) is 5.10 Å². The molecule has 0 radical (unpaired) electrons. The summed E-state index contributed by atoms with van der Waals surface area (Å²) in [7, 11) is 0. The highest BCUT2D eigenvalue weighted by Crippen LogP contribution is 2.29. The number of nitrogens with zero attached hydrogens (tertiary/aromatic N) is 2. The van der Waals surface area contributed by atoms with Gasteiger partial charge in [-0.1, -0.05) is 41.9 Å². The van der Waals surface area contributed by atoms with E-state index in [0.717, 1.165) is 6.07 Å². The molecule has 2 aromatic carbocycles. The topological polar surface area (TPSA) is 123 Å². The molecule has 0 unspecified atom stereocenters. The summed E-state index contributed by atoms with van der Waals surface area (Å²) in [6.07, 6.45) is 0. The Morgan fingerprint density at radius 2 is 2.00 bits per heavy atom. The van der Waals surface area contributed by atoms with Gasteiger partial charge in [0.05, 0.1) is 17.2 Å². The molecule has 2 aromatic rings. The maximum Gasteiger partial charge on any atom is 0.342 e. The molecule has 0 fully saturated rings. The van der Waals surface area contributed by atoms with Crippen LogP contribution in [0.3, 0.4) is 0 Å². The molecular weight excluding hydrogens is 400 g/mol. The molecule has 9 nitrogen and oxygen atoms in total. The molecule has 1 aliphatic rings. The molecule has 0 aromatic heterocycles. The number of nitrogens with one attached hydrogen (secondary N) is 2. The van der Waals surface area contributed by atoms with Gasteiger partial charge < -0.3 is 10.1 Å². The Kier molecular flexibility index (Phi) is 5.89. The van der Waals surface area contributed by atoms with Crippen LogP contribution in [0.25, 0.3) is 5.70 Å². The first-order valence-corrected chi connectivity index (χ1v) is 8.86. The number of nitro benzene ring substituents is 1. The predicted molar refractivity (Wildman–Crippen MR) is 107 cm³/mol. The summed E-state index contributed by atoms with van der Waals surface area (Å²) >= 11 is 5.80. The number of benzene rings is 2. The van der Waals surface area contributed by atoms with Crippen LogP contribution >= 0.6 is 11.6 Å². The first kappa shape index (κ1) is 20.0. The van der Waals surface area contributed by atoms with E-state index in [9.17, 15) is 19.7 Å². The highest BCUT2D eigenvalue weighted by Gasteiger charge is 2.36. The molecule has 0 saturated heterocycles. The van der Waals surface area contributed by atoms with Crippen LogP contribution < -0.4 is 10.7 Å². The summed E-state index contributed by atoms with van der Waals surface area (Å²) in [5, 5.41) is 18.0. The number of hydrogen-bond acceptors (Lipinski definition) is 7. The highest BCUT2D eigenvalue weighted by atomic mass is 35.5. The first-order chi connectivity index (χ1) is 13.9. The van der Waals surface area contributed by atoms with Crippen LogP contribution in [-0.4, -0.2) is 29.1 Å². The van der Waals surface area contributed by atoms with Crippen molar-refractivity contribution in [1.82, 2.24) is 5.32 Å². The van der Waals surface area contributed by atoms with Crippen molar-refractivity contribution in [3.8, 4) is 0 Å². The van der Waals surface area contributed by atoms with E-state index in [2.05, 4.69) is 15.8 Å². The number of esters is 1. The van der Waals surface area contributed by atoms with Gasteiger partial charge in [-0.25, -0.2) is 4.79 Å². The van der Waals surface area contributed by atoms with Crippen LogP contribution in [0.5, 0.6) is 0 Å². The lowest BCUT2D eigenvalue weighted by atomic mass is 10.1. The van der Waals surface area contributed by atoms with Crippen LogP contribution in [-0.2, 0) is 14.3 Å². The maximum absolute atomic E-state index is 12.5. The molecule has 0 spiro atoms. The Morgan fingerprint density at radius 3 is 2.66 bits per heavy atom. The van der Waals surface area contributed by atoms with Crippen molar-refractivity contribution >= 4 is 46.3 Å². The number of hydrazone groups is 1. The standard InChI is InChI=1S/C19H15ClN4O5/c1-2-29-19(26)15-16(11-6-4-3-5-7-11)21-18(25)17(15)23-22-13-9-8-12(20)10-14(13)24(27)28/h3-10,22H,2H2,1H3,(H,21,23,25). The zero-order valence-electron chi connectivity index (χ0n) is 15.1. The van der Waals surface area contributed by atoms with Crippen molar-refractivity contribution in [3.63, 3.8) is 0 Å². The third kappa shape index (κ3) is 4.25. The van der Waals surface area contributed by atoms with E-state index in [1.165, 1.54) is 12.1 Å². The van der Waals surface area contributed by atoms with E-state index in [4.69, 9.17) is 16.3 Å². The molecule has 1 heterocycles. The normalized spacial score (nSPS) is 14.7. The fourth-order valence-electron chi connectivity index (χ4n) is 2.66. The zero-order chi connectivity index (χ0) is 21.0. The minimum Gasteiger partial charge on any atom is -0.462 e. The van der Waals surface area contributed by atoms with Crippen molar-refractivity contribution in [2.45, 2.75) is 6.92 Å². The lowest BCUT2D eigenvalue weighted by molar-refractivity contribution is -0.383. The number of ether oxygens (including phenoxy) is 1. The Balaban J connectivity index is 2.05. The summed E-state index contributed by atoms with van der Waals surface area (Å²) in [6.45, 7) is 1.74. The zero-order valence-corrected chi connectivity index (χ0v) is 15.9. The maximum atomic E-state index is 12.5. The molecule has 0 bridgehead atoms. The van der Waals surface area contributed by atoms with Gasteiger partial charge in [-0.2, -0.15) is 5.10 Å². The van der Waals surface area contributed by atoms with E-state index in [1.54, 1.807) is 37.3 Å². The highest BCUT2D eigenvalue weighted by molar-refractivity contribution is 6.56. The number of hydrogen-bond donors (Lipinski definition) is 2. The van der Waals surface area contributed by atoms with Crippen LogP contribution in [0, 0.1) is 10.1 Å². The summed E-state index contributed by atoms with van der Waals surface area (Å²) in [4.78, 5) is 35.6. The first-order valence-electron chi connectivity index (χ1n) is 8.48. The predicted octanol–water partition coefficient (Wildman–Crippen LogP) is 3.12. The lowest BCUT2D eigenvalue weighted by Crippen LogP contribution is -2.24. The molecule has 1 aliphatic heterocycles. The second-order valence-electron chi connectivity index (χ2n) is 5.78. The molecule has 0 atom stereocenters. The monoisotopic (exact) mass is 414 g/mol. The summed E-state index contributed by atoms with van der Waals surface area (Å²) in [5.74, 6) is -1.38. The van der Waals surface area contributed by atoms with Gasteiger partial charge in [-0.05, 0) is 24.6 Å². The number of amides is 1. The van der Waals surface area contributed by atoms with E-state index < -0.39 is 16.8 Å². The second-order valence-corrected chi connectivity index (χ2v) is 6.22. The summed E-state index contributed by atoms with van der Waals surface area (Å²) in [5.41, 5.74) is 2.69. The Labute approximate surface area is 170 Å². The largest absolute Gasteiger partial charge is 0.462 e. The van der Waals surface area contributed by atoms with Crippen molar-refractivity contribution in [2.75, 3.05) is 12.0 Å². The second kappa shape index (κ2) is 8.53. The van der Waals surface area contributed by atoms with Crippen LogP contribution in [0.15, 0.2) is 59.2 Å². The number of carbonyl (C=O) groups is 2. The molecule has 10 heteroatoms. The molecule has 1 amide bonds. The van der Waals surface area contributed by atoms with E-state index in [1.807, 2.05) is 0 Å². The average Bonchev–Trinajstić information content (AvgIpc) is 3.04. The Morgan fingerprint density at radius 1 is 1.28 bits per heavy atom. The van der Waals surface area contributed by atoms with Crippen LogP contribution in [0.2, 0.25) is 5.02 Å². The van der Waals surface area contributed by atoms with Gasteiger partial charge in [0, 0.05) is 11.1 Å². The number of anilines is 1. The third-order valence-electron chi connectivity index (χ3n) is 3.93. The van der Waals surface area contributed by atoms with E-state index in [0.29, 0.717) is 5.56 Å². The van der Waals surface area contributed by atoms with Gasteiger partial charge in [-0.15, -0.1) is 0 Å². The molecule has 2 N–H and O–H groups in total. The number of nitro groups is 1. The lowest BCUT2D eigenvalue weighted by Gasteiger charge is -2.07. The van der Waals surface area contributed by atoms with Gasteiger partial charge >= 0.3 is 5.97 Å². The summed E-state index contributed by atoms with van der Waals surface area (Å²) < 4.78 is 5.06. The fraction of sp³-hybridized carbons (Fsp3) is 0.105. The van der Waals surface area contributed by atoms with Gasteiger partial charge in [-0.3, -0.25) is 20.3 Å². The van der Waals surface area contributed by atoms with Crippen molar-refractivity contribution < 1.29 is 19.2 Å². The summed E-state index contributed by atoms with van der Waals surface area (Å²) in [6, 6.07) is 12.7. The van der Waals surface area contributed by atoms with Crippen LogP contribution in [0.4, 0.5) is 11.4 Å². The molecule has 29 heavy (non-hydrogen) atoms. The SMILES string of the molecule is CCOC(=O)C1=C(c2ccccc2)NC(=O)/C1=N\Nc1ccc(Cl)cc1[N+](=O)[O-]. The van der Waals surface area contributed by atoms with Gasteiger partial charge in [0.15, 0.2) is 5.71 Å². The quantitative estimate of drug-likeness (QED) is 0.425. The number of rotatable bonds is 6.